The van der Waals surface area contributed by atoms with Crippen molar-refractivity contribution >= 4 is 17.5 Å². The maximum absolute atomic E-state index is 13.2. The Bertz CT molecular complexity index is 809. The lowest BCUT2D eigenvalue weighted by atomic mass is 10.0. The van der Waals surface area contributed by atoms with E-state index in [9.17, 15) is 9.59 Å². The molecular weight excluding hydrogens is 330 g/mol. The molecule has 2 aromatic carbocycles. The number of ether oxygens (including phenoxy) is 1. The van der Waals surface area contributed by atoms with Gasteiger partial charge in [0.2, 0.25) is 0 Å². The van der Waals surface area contributed by atoms with Gasteiger partial charge in [0.05, 0.1) is 24.8 Å². The quantitative estimate of drug-likeness (QED) is 0.828. The number of amides is 2. The summed E-state index contributed by atoms with van der Waals surface area (Å²) in [5.41, 5.74) is 1.83. The van der Waals surface area contributed by atoms with E-state index in [0.717, 1.165) is 28.4 Å². The van der Waals surface area contributed by atoms with Crippen LogP contribution < -0.4 is 19.9 Å². The highest BCUT2D eigenvalue weighted by Gasteiger charge is 2.35. The number of quaternary nitrogens is 1. The number of benzene rings is 2. The Balaban J connectivity index is 1.64. The lowest BCUT2D eigenvalue weighted by Gasteiger charge is -2.37. The molecule has 2 aliphatic rings. The van der Waals surface area contributed by atoms with Crippen molar-refractivity contribution in [3.8, 4) is 5.75 Å². The minimum absolute atomic E-state index is 0.000960. The molecule has 0 aliphatic carbocycles. The lowest BCUT2D eigenvalue weighted by Crippen LogP contribution is -3.16. The first-order valence-corrected chi connectivity index (χ1v) is 8.91. The van der Waals surface area contributed by atoms with E-state index in [2.05, 4.69) is 5.32 Å². The predicted octanol–water partition coefficient (Wildman–Crippen LogP) is 0.168. The Morgan fingerprint density at radius 2 is 1.92 bits per heavy atom. The number of rotatable bonds is 3. The van der Waals surface area contributed by atoms with E-state index in [1.54, 1.807) is 0 Å². The van der Waals surface area contributed by atoms with Gasteiger partial charge in [-0.2, -0.15) is 0 Å². The Hall–Kier alpha value is -2.86. The average molecular weight is 352 g/mol. The SMILES string of the molecule is O=C1C[NH+](CC(=O)N2c3ccccc3OC[C@@H]2c2ccccc2)CCN1. The van der Waals surface area contributed by atoms with Crippen molar-refractivity contribution in [1.82, 2.24) is 5.32 Å². The molecule has 0 aromatic heterocycles. The Kier molecular flexibility index (Phi) is 4.58. The van der Waals surface area contributed by atoms with Gasteiger partial charge in [0, 0.05) is 0 Å². The molecule has 1 saturated heterocycles. The van der Waals surface area contributed by atoms with E-state index in [1.807, 2.05) is 59.5 Å². The molecule has 6 heteroatoms. The van der Waals surface area contributed by atoms with Crippen LogP contribution in [0.5, 0.6) is 5.75 Å². The Labute approximate surface area is 152 Å². The Morgan fingerprint density at radius 3 is 2.73 bits per heavy atom. The lowest BCUT2D eigenvalue weighted by molar-refractivity contribution is -0.885. The second-order valence-corrected chi connectivity index (χ2v) is 6.67. The molecule has 2 N–H and O–H groups in total. The molecule has 4 rings (SSSR count). The van der Waals surface area contributed by atoms with Gasteiger partial charge >= 0.3 is 0 Å². The van der Waals surface area contributed by atoms with Gasteiger partial charge in [-0.3, -0.25) is 14.5 Å². The minimum Gasteiger partial charge on any atom is -0.489 e. The van der Waals surface area contributed by atoms with E-state index < -0.39 is 0 Å². The molecule has 134 valence electrons. The van der Waals surface area contributed by atoms with E-state index in [0.29, 0.717) is 26.2 Å². The zero-order valence-electron chi connectivity index (χ0n) is 14.5. The fourth-order valence-corrected chi connectivity index (χ4v) is 3.62. The summed E-state index contributed by atoms with van der Waals surface area (Å²) in [6.45, 7) is 2.43. The van der Waals surface area contributed by atoms with Crippen molar-refractivity contribution in [1.29, 1.82) is 0 Å². The molecule has 0 saturated carbocycles. The first-order valence-electron chi connectivity index (χ1n) is 8.91. The molecular formula is C20H22N3O3+. The zero-order chi connectivity index (χ0) is 17.9. The molecule has 0 spiro atoms. The summed E-state index contributed by atoms with van der Waals surface area (Å²) in [5.74, 6) is 0.736. The van der Waals surface area contributed by atoms with Crippen molar-refractivity contribution in [3.05, 3.63) is 60.2 Å². The van der Waals surface area contributed by atoms with Crippen molar-refractivity contribution in [2.75, 3.05) is 37.7 Å². The summed E-state index contributed by atoms with van der Waals surface area (Å²) in [4.78, 5) is 27.7. The number of hydrogen-bond donors (Lipinski definition) is 2. The minimum atomic E-state index is -0.170. The number of carbonyl (C=O) groups is 2. The number of fused-ring (bicyclic) bond motifs is 1. The first-order chi connectivity index (χ1) is 12.7. The van der Waals surface area contributed by atoms with Crippen LogP contribution in [0, 0.1) is 0 Å². The fraction of sp³-hybridized carbons (Fsp3) is 0.300. The van der Waals surface area contributed by atoms with E-state index in [4.69, 9.17) is 4.74 Å². The molecule has 6 nitrogen and oxygen atoms in total. The number of nitrogens with one attached hydrogen (secondary N) is 2. The maximum Gasteiger partial charge on any atom is 0.282 e. The normalized spacial score (nSPS) is 22.2. The molecule has 2 amide bonds. The highest BCUT2D eigenvalue weighted by molar-refractivity contribution is 5.97. The standard InChI is InChI=1S/C20H21N3O3/c24-19-12-22(11-10-21-19)13-20(25)23-16-8-4-5-9-18(16)26-14-17(23)15-6-2-1-3-7-15/h1-9,17H,10-14H2,(H,21,24)/p+1/t17-/m1/s1. The molecule has 2 aliphatic heterocycles. The van der Waals surface area contributed by atoms with Crippen LogP contribution in [0.2, 0.25) is 0 Å². The number of anilines is 1. The fourth-order valence-electron chi connectivity index (χ4n) is 3.62. The van der Waals surface area contributed by atoms with Gasteiger partial charge in [0.25, 0.3) is 11.8 Å². The van der Waals surface area contributed by atoms with Gasteiger partial charge in [-0.1, -0.05) is 42.5 Å². The summed E-state index contributed by atoms with van der Waals surface area (Å²) >= 11 is 0. The number of piperazine rings is 1. The molecule has 0 radical (unpaired) electrons. The molecule has 1 unspecified atom stereocenters. The first kappa shape index (κ1) is 16.6. The largest absolute Gasteiger partial charge is 0.489 e. The van der Waals surface area contributed by atoms with Gasteiger partial charge in [-0.05, 0) is 17.7 Å². The summed E-state index contributed by atoms with van der Waals surface area (Å²) in [6, 6.07) is 17.4. The van der Waals surface area contributed by atoms with Crippen LogP contribution in [0.15, 0.2) is 54.6 Å². The van der Waals surface area contributed by atoms with Crippen LogP contribution >= 0.6 is 0 Å². The van der Waals surface area contributed by atoms with E-state index >= 15 is 0 Å². The van der Waals surface area contributed by atoms with Crippen molar-refractivity contribution in [2.24, 2.45) is 0 Å². The molecule has 2 atom stereocenters. The zero-order valence-corrected chi connectivity index (χ0v) is 14.5. The summed E-state index contributed by atoms with van der Waals surface area (Å²) < 4.78 is 5.91. The number of para-hydroxylation sites is 2. The number of carbonyl (C=O) groups excluding carboxylic acids is 2. The van der Waals surface area contributed by atoms with Gasteiger partial charge in [0.1, 0.15) is 12.4 Å². The topological polar surface area (TPSA) is 63.1 Å². The van der Waals surface area contributed by atoms with Gasteiger partial charge in [-0.25, -0.2) is 0 Å². The molecule has 26 heavy (non-hydrogen) atoms. The Morgan fingerprint density at radius 1 is 1.15 bits per heavy atom. The van der Waals surface area contributed by atoms with Crippen molar-refractivity contribution in [2.45, 2.75) is 6.04 Å². The van der Waals surface area contributed by atoms with Crippen LogP contribution in [0.25, 0.3) is 0 Å². The van der Waals surface area contributed by atoms with E-state index in [1.165, 1.54) is 0 Å². The van der Waals surface area contributed by atoms with Crippen LogP contribution in [0.4, 0.5) is 5.69 Å². The molecule has 2 aromatic rings. The van der Waals surface area contributed by atoms with Crippen molar-refractivity contribution in [3.63, 3.8) is 0 Å². The highest BCUT2D eigenvalue weighted by Crippen LogP contribution is 2.39. The summed E-state index contributed by atoms with van der Waals surface area (Å²) in [5, 5.41) is 2.81. The highest BCUT2D eigenvalue weighted by atomic mass is 16.5. The third kappa shape index (κ3) is 3.28. The summed E-state index contributed by atoms with van der Waals surface area (Å²) in [7, 11) is 0. The second-order valence-electron chi connectivity index (χ2n) is 6.67. The average Bonchev–Trinajstić information content (AvgIpc) is 2.67. The number of nitrogens with zero attached hydrogens (tertiary/aromatic N) is 1. The van der Waals surface area contributed by atoms with E-state index in [-0.39, 0.29) is 17.9 Å². The molecule has 1 fully saturated rings. The van der Waals surface area contributed by atoms with Gasteiger partial charge in [-0.15, -0.1) is 0 Å². The van der Waals surface area contributed by atoms with Gasteiger partial charge in [0.15, 0.2) is 13.1 Å². The second kappa shape index (κ2) is 7.17. The van der Waals surface area contributed by atoms with Crippen LogP contribution in [-0.2, 0) is 9.59 Å². The van der Waals surface area contributed by atoms with Crippen LogP contribution in [0.1, 0.15) is 11.6 Å². The van der Waals surface area contributed by atoms with Crippen LogP contribution in [-0.4, -0.2) is 44.6 Å². The monoisotopic (exact) mass is 352 g/mol. The molecule has 2 heterocycles. The van der Waals surface area contributed by atoms with Gasteiger partial charge < -0.3 is 15.0 Å². The number of hydrogen-bond acceptors (Lipinski definition) is 3. The third-order valence-corrected chi connectivity index (χ3v) is 4.90. The predicted molar refractivity (Wildman–Crippen MR) is 97.2 cm³/mol. The van der Waals surface area contributed by atoms with Crippen molar-refractivity contribution < 1.29 is 19.2 Å². The maximum atomic E-state index is 13.2. The third-order valence-electron chi connectivity index (χ3n) is 4.90. The van der Waals surface area contributed by atoms with Crippen LogP contribution in [0.3, 0.4) is 0 Å². The summed E-state index contributed by atoms with van der Waals surface area (Å²) in [6.07, 6.45) is 0. The molecule has 0 bridgehead atoms. The smallest absolute Gasteiger partial charge is 0.282 e.